The van der Waals surface area contributed by atoms with E-state index in [2.05, 4.69) is 58.9 Å². The summed E-state index contributed by atoms with van der Waals surface area (Å²) in [5.41, 5.74) is 2.49. The fourth-order valence-corrected chi connectivity index (χ4v) is 3.37. The molecule has 1 atom stereocenters. The number of aliphatic imine (C=N–C) groups is 1. The van der Waals surface area contributed by atoms with Gasteiger partial charge in [0.1, 0.15) is 0 Å². The van der Waals surface area contributed by atoms with Gasteiger partial charge in [-0.05, 0) is 50.0 Å². The van der Waals surface area contributed by atoms with Crippen molar-refractivity contribution in [2.24, 2.45) is 10.9 Å². The van der Waals surface area contributed by atoms with Crippen LogP contribution in [0.2, 0.25) is 0 Å². The lowest BCUT2D eigenvalue weighted by atomic mass is 10.1. The molecule has 2 heterocycles. The second-order valence-electron chi connectivity index (χ2n) is 6.97. The molecular formula is C20H31IN6. The van der Waals surface area contributed by atoms with E-state index in [1.807, 2.05) is 23.1 Å². The number of aromatic nitrogens is 2. The molecule has 7 heteroatoms. The maximum atomic E-state index is 4.80. The zero-order valence-corrected chi connectivity index (χ0v) is 18.6. The van der Waals surface area contributed by atoms with Crippen molar-refractivity contribution in [2.75, 3.05) is 33.2 Å². The third-order valence-electron chi connectivity index (χ3n) is 4.81. The van der Waals surface area contributed by atoms with Gasteiger partial charge in [0.15, 0.2) is 5.96 Å². The Morgan fingerprint density at radius 3 is 2.70 bits per heavy atom. The van der Waals surface area contributed by atoms with Crippen molar-refractivity contribution < 1.29 is 0 Å². The van der Waals surface area contributed by atoms with Gasteiger partial charge in [0.05, 0.1) is 13.1 Å². The van der Waals surface area contributed by atoms with Crippen LogP contribution < -0.4 is 10.6 Å². The molecule has 1 aliphatic heterocycles. The smallest absolute Gasteiger partial charge is 0.191 e. The van der Waals surface area contributed by atoms with Crippen molar-refractivity contribution in [1.82, 2.24) is 25.3 Å². The lowest BCUT2D eigenvalue weighted by molar-refractivity contribution is 0.394. The second kappa shape index (κ2) is 11.3. The average molecular weight is 482 g/mol. The molecule has 0 radical (unpaired) electrons. The number of hydrogen-bond donors (Lipinski definition) is 2. The Morgan fingerprint density at radius 1 is 1.22 bits per heavy atom. The van der Waals surface area contributed by atoms with Gasteiger partial charge in [0, 0.05) is 32.0 Å². The van der Waals surface area contributed by atoms with E-state index >= 15 is 0 Å². The number of halogens is 1. The zero-order chi connectivity index (χ0) is 18.2. The maximum Gasteiger partial charge on any atom is 0.191 e. The molecule has 0 saturated carbocycles. The van der Waals surface area contributed by atoms with E-state index in [0.29, 0.717) is 12.5 Å². The van der Waals surface area contributed by atoms with Crippen LogP contribution in [0.4, 0.5) is 0 Å². The largest absolute Gasteiger partial charge is 0.357 e. The van der Waals surface area contributed by atoms with E-state index in [1.165, 1.54) is 30.6 Å². The molecule has 148 valence electrons. The highest BCUT2D eigenvalue weighted by molar-refractivity contribution is 14.0. The number of likely N-dealkylation sites (tertiary alicyclic amines) is 1. The van der Waals surface area contributed by atoms with Crippen LogP contribution in [0.15, 0.2) is 47.7 Å². The maximum absolute atomic E-state index is 4.80. The molecule has 1 fully saturated rings. The molecule has 0 spiro atoms. The third kappa shape index (κ3) is 6.80. The van der Waals surface area contributed by atoms with Gasteiger partial charge < -0.3 is 15.5 Å². The monoisotopic (exact) mass is 482 g/mol. The van der Waals surface area contributed by atoms with Crippen molar-refractivity contribution in [3.8, 4) is 0 Å². The molecule has 6 nitrogen and oxygen atoms in total. The van der Waals surface area contributed by atoms with Crippen molar-refractivity contribution in [1.29, 1.82) is 0 Å². The van der Waals surface area contributed by atoms with Gasteiger partial charge in [-0.25, -0.2) is 4.99 Å². The van der Waals surface area contributed by atoms with Gasteiger partial charge >= 0.3 is 0 Å². The van der Waals surface area contributed by atoms with Crippen LogP contribution in [-0.2, 0) is 13.1 Å². The van der Waals surface area contributed by atoms with E-state index < -0.39 is 0 Å². The van der Waals surface area contributed by atoms with Crippen molar-refractivity contribution >= 4 is 29.9 Å². The van der Waals surface area contributed by atoms with Crippen LogP contribution in [0.3, 0.4) is 0 Å². The Bertz CT molecular complexity index is 700. The average Bonchev–Trinajstić information content (AvgIpc) is 3.30. The number of hydrogen-bond acceptors (Lipinski definition) is 3. The van der Waals surface area contributed by atoms with Crippen molar-refractivity contribution in [3.63, 3.8) is 0 Å². The molecule has 27 heavy (non-hydrogen) atoms. The number of benzene rings is 1. The molecule has 0 amide bonds. The van der Waals surface area contributed by atoms with Crippen LogP contribution in [0.1, 0.15) is 24.5 Å². The van der Waals surface area contributed by atoms with Crippen LogP contribution >= 0.6 is 24.0 Å². The Labute approximate surface area is 179 Å². The second-order valence-corrected chi connectivity index (χ2v) is 6.97. The Kier molecular flexibility index (Phi) is 9.06. The predicted molar refractivity (Wildman–Crippen MR) is 122 cm³/mol. The van der Waals surface area contributed by atoms with E-state index in [0.717, 1.165) is 25.6 Å². The van der Waals surface area contributed by atoms with E-state index in [4.69, 9.17) is 4.99 Å². The quantitative estimate of drug-likeness (QED) is 0.362. The Morgan fingerprint density at radius 2 is 2.04 bits per heavy atom. The molecule has 0 aliphatic carbocycles. The first-order valence-electron chi connectivity index (χ1n) is 9.49. The highest BCUT2D eigenvalue weighted by atomic mass is 127. The number of guanidine groups is 1. The van der Waals surface area contributed by atoms with Gasteiger partial charge in [0.2, 0.25) is 0 Å². The molecule has 1 aromatic heterocycles. The Hall–Kier alpha value is -1.61. The zero-order valence-electron chi connectivity index (χ0n) is 16.3. The summed E-state index contributed by atoms with van der Waals surface area (Å²) in [6.07, 6.45) is 5.06. The SMILES string of the molecule is CCNC(=NCc1ccccc1Cn1cccn1)NCC1CCN(C)C1.I. The first kappa shape index (κ1) is 21.7. The van der Waals surface area contributed by atoms with E-state index in [9.17, 15) is 0 Å². The van der Waals surface area contributed by atoms with Gasteiger partial charge in [0.25, 0.3) is 0 Å². The minimum atomic E-state index is 0. The highest BCUT2D eigenvalue weighted by Gasteiger charge is 2.19. The molecule has 3 rings (SSSR count). The summed E-state index contributed by atoms with van der Waals surface area (Å²) in [6.45, 7) is 7.75. The fourth-order valence-electron chi connectivity index (χ4n) is 3.37. The fraction of sp³-hybridized carbons (Fsp3) is 0.500. The first-order valence-corrected chi connectivity index (χ1v) is 9.49. The molecule has 2 aromatic rings. The topological polar surface area (TPSA) is 57.5 Å². The molecule has 1 unspecified atom stereocenters. The van der Waals surface area contributed by atoms with E-state index in [-0.39, 0.29) is 24.0 Å². The lowest BCUT2D eigenvalue weighted by Crippen LogP contribution is -2.40. The number of nitrogens with one attached hydrogen (secondary N) is 2. The summed E-state index contributed by atoms with van der Waals surface area (Å²) >= 11 is 0. The minimum absolute atomic E-state index is 0. The normalized spacial score (nSPS) is 17.6. The molecule has 1 aliphatic rings. The number of nitrogens with zero attached hydrogens (tertiary/aromatic N) is 4. The molecule has 1 aromatic carbocycles. The van der Waals surface area contributed by atoms with Gasteiger partial charge in [-0.3, -0.25) is 4.68 Å². The summed E-state index contributed by atoms with van der Waals surface area (Å²) < 4.78 is 1.95. The van der Waals surface area contributed by atoms with Crippen LogP contribution in [0.25, 0.3) is 0 Å². The summed E-state index contributed by atoms with van der Waals surface area (Å²) in [6, 6.07) is 10.4. The summed E-state index contributed by atoms with van der Waals surface area (Å²) in [4.78, 5) is 7.20. The van der Waals surface area contributed by atoms with E-state index in [1.54, 1.807) is 0 Å². The molecular weight excluding hydrogens is 451 g/mol. The minimum Gasteiger partial charge on any atom is -0.357 e. The first-order chi connectivity index (χ1) is 12.7. The predicted octanol–water partition coefficient (Wildman–Crippen LogP) is 2.56. The van der Waals surface area contributed by atoms with Crippen molar-refractivity contribution in [2.45, 2.75) is 26.4 Å². The van der Waals surface area contributed by atoms with Crippen LogP contribution in [0, 0.1) is 5.92 Å². The van der Waals surface area contributed by atoms with Crippen LogP contribution in [-0.4, -0.2) is 53.9 Å². The van der Waals surface area contributed by atoms with Crippen LogP contribution in [0.5, 0.6) is 0 Å². The van der Waals surface area contributed by atoms with Gasteiger partial charge in [-0.1, -0.05) is 24.3 Å². The molecule has 1 saturated heterocycles. The lowest BCUT2D eigenvalue weighted by Gasteiger charge is -2.16. The number of rotatable bonds is 7. The van der Waals surface area contributed by atoms with Gasteiger partial charge in [-0.2, -0.15) is 5.10 Å². The summed E-state index contributed by atoms with van der Waals surface area (Å²) in [5.74, 6) is 1.60. The Balaban J connectivity index is 0.00000261. The third-order valence-corrected chi connectivity index (χ3v) is 4.81. The van der Waals surface area contributed by atoms with Crippen molar-refractivity contribution in [3.05, 3.63) is 53.9 Å². The highest BCUT2D eigenvalue weighted by Crippen LogP contribution is 2.13. The molecule has 0 bridgehead atoms. The molecule has 2 N–H and O–H groups in total. The van der Waals surface area contributed by atoms with Gasteiger partial charge in [-0.15, -0.1) is 24.0 Å². The summed E-state index contributed by atoms with van der Waals surface area (Å²) in [7, 11) is 2.19. The summed E-state index contributed by atoms with van der Waals surface area (Å²) in [5, 5.41) is 11.2. The standard InChI is InChI=1S/C20H30N6.HI/c1-3-21-20(22-13-17-9-12-25(2)15-17)23-14-18-7-4-5-8-19(18)16-26-11-6-10-24-26;/h4-8,10-11,17H,3,9,12-16H2,1-2H3,(H2,21,22,23);1H.